The largest absolute Gasteiger partial charge is 0.303 e. The highest BCUT2D eigenvalue weighted by Crippen LogP contribution is 2.24. The van der Waals surface area contributed by atoms with Crippen LogP contribution in [0.25, 0.3) is 5.69 Å². The maximum absolute atomic E-state index is 6.22. The number of aryl methyl sites for hydroxylation is 1. The Hall–Kier alpha value is -1.04. The predicted octanol–water partition coefficient (Wildman–Crippen LogP) is 3.81. The van der Waals surface area contributed by atoms with E-state index in [9.17, 15) is 0 Å². The van der Waals surface area contributed by atoms with Gasteiger partial charge in [-0.05, 0) is 50.6 Å². The summed E-state index contributed by atoms with van der Waals surface area (Å²) < 4.78 is 2.01. The van der Waals surface area contributed by atoms with E-state index in [2.05, 4.69) is 21.2 Å². The predicted molar refractivity (Wildman–Crippen MR) is 92.1 cm³/mol. The van der Waals surface area contributed by atoms with E-state index in [1.54, 1.807) is 18.1 Å². The van der Waals surface area contributed by atoms with Crippen molar-refractivity contribution < 1.29 is 0 Å². The fourth-order valence-electron chi connectivity index (χ4n) is 2.68. The molecule has 0 saturated carbocycles. The molecule has 1 aromatic carbocycles. The molecule has 0 amide bonds. The van der Waals surface area contributed by atoms with Crippen LogP contribution in [0.3, 0.4) is 0 Å². The molecule has 2 heterocycles. The Morgan fingerprint density at radius 2 is 2.05 bits per heavy atom. The molecule has 1 aliphatic heterocycles. The minimum absolute atomic E-state index is 0.774. The van der Waals surface area contributed by atoms with E-state index < -0.39 is 0 Å². The van der Waals surface area contributed by atoms with Crippen LogP contribution < -0.4 is 0 Å². The van der Waals surface area contributed by atoms with Gasteiger partial charge in [0.05, 0.1) is 5.69 Å². The van der Waals surface area contributed by atoms with E-state index >= 15 is 0 Å². The van der Waals surface area contributed by atoms with Gasteiger partial charge in [-0.1, -0.05) is 35.9 Å². The van der Waals surface area contributed by atoms with E-state index in [1.165, 1.54) is 32.4 Å². The molecule has 0 radical (unpaired) electrons. The first kappa shape index (κ1) is 15.8. The first-order valence-electron chi connectivity index (χ1n) is 7.76. The van der Waals surface area contributed by atoms with E-state index in [-0.39, 0.29) is 0 Å². The van der Waals surface area contributed by atoms with Crippen molar-refractivity contribution in [2.24, 2.45) is 0 Å². The van der Waals surface area contributed by atoms with Crippen molar-refractivity contribution >= 4 is 23.4 Å². The molecule has 1 aliphatic rings. The summed E-state index contributed by atoms with van der Waals surface area (Å²) in [6, 6.07) is 6.05. The third kappa shape index (κ3) is 3.83. The minimum atomic E-state index is 0.774. The van der Waals surface area contributed by atoms with Gasteiger partial charge >= 0.3 is 0 Å². The number of rotatable bonds is 5. The van der Waals surface area contributed by atoms with Gasteiger partial charge in [0.2, 0.25) is 0 Å². The molecule has 22 heavy (non-hydrogen) atoms. The van der Waals surface area contributed by atoms with Gasteiger partial charge in [-0.3, -0.25) is 4.57 Å². The van der Waals surface area contributed by atoms with Gasteiger partial charge in [-0.25, -0.2) is 0 Å². The topological polar surface area (TPSA) is 34.0 Å². The zero-order valence-corrected chi connectivity index (χ0v) is 14.4. The maximum Gasteiger partial charge on any atom is 0.195 e. The molecule has 0 atom stereocenters. The molecule has 0 unspecified atom stereocenters. The Kier molecular flexibility index (Phi) is 5.39. The lowest BCUT2D eigenvalue weighted by atomic mass is 10.1. The highest BCUT2D eigenvalue weighted by atomic mass is 35.5. The van der Waals surface area contributed by atoms with Crippen molar-refractivity contribution in [3.8, 4) is 5.69 Å². The average molecular weight is 337 g/mol. The summed E-state index contributed by atoms with van der Waals surface area (Å²) in [6.45, 7) is 5.60. The number of thioether (sulfide) groups is 1. The smallest absolute Gasteiger partial charge is 0.195 e. The second-order valence-corrected chi connectivity index (χ2v) is 7.14. The molecular formula is C16H21ClN4S. The molecule has 1 aromatic heterocycles. The van der Waals surface area contributed by atoms with Crippen LogP contribution in [0.1, 0.15) is 24.8 Å². The first-order chi connectivity index (χ1) is 10.7. The quantitative estimate of drug-likeness (QED) is 0.778. The molecule has 0 bridgehead atoms. The molecule has 2 aromatic rings. The molecule has 1 saturated heterocycles. The fourth-order valence-corrected chi connectivity index (χ4v) is 3.78. The molecule has 0 aliphatic carbocycles. The van der Waals surface area contributed by atoms with E-state index in [4.69, 9.17) is 11.6 Å². The number of aromatic nitrogens is 3. The van der Waals surface area contributed by atoms with Gasteiger partial charge in [0.1, 0.15) is 6.33 Å². The average Bonchev–Trinajstić information content (AvgIpc) is 3.00. The van der Waals surface area contributed by atoms with Crippen LogP contribution in [-0.4, -0.2) is 45.1 Å². The van der Waals surface area contributed by atoms with Crippen LogP contribution in [0, 0.1) is 6.92 Å². The number of benzene rings is 1. The second kappa shape index (κ2) is 7.49. The summed E-state index contributed by atoms with van der Waals surface area (Å²) in [4.78, 5) is 2.54. The number of nitrogens with zero attached hydrogens (tertiary/aromatic N) is 4. The third-order valence-electron chi connectivity index (χ3n) is 4.04. The SMILES string of the molecule is Cc1ccc(-n2cnnc2SCCN2CCCCC2)cc1Cl. The molecule has 1 fully saturated rings. The lowest BCUT2D eigenvalue weighted by Crippen LogP contribution is -2.31. The van der Waals surface area contributed by atoms with Crippen molar-refractivity contribution in [1.82, 2.24) is 19.7 Å². The van der Waals surface area contributed by atoms with Crippen LogP contribution in [-0.2, 0) is 0 Å². The van der Waals surface area contributed by atoms with Crippen molar-refractivity contribution in [2.45, 2.75) is 31.3 Å². The standard InChI is InChI=1S/C16H21ClN4S/c1-13-5-6-14(11-15(13)17)21-12-18-19-16(21)22-10-9-20-7-3-2-4-8-20/h5-6,11-12H,2-4,7-10H2,1H3. The molecule has 6 heteroatoms. The van der Waals surface area contributed by atoms with E-state index in [0.717, 1.165) is 33.7 Å². The minimum Gasteiger partial charge on any atom is -0.303 e. The van der Waals surface area contributed by atoms with Gasteiger partial charge in [-0.15, -0.1) is 10.2 Å². The van der Waals surface area contributed by atoms with Crippen molar-refractivity contribution in [2.75, 3.05) is 25.4 Å². The molecular weight excluding hydrogens is 316 g/mol. The number of hydrogen-bond donors (Lipinski definition) is 0. The van der Waals surface area contributed by atoms with Crippen LogP contribution in [0.4, 0.5) is 0 Å². The molecule has 118 valence electrons. The number of halogens is 1. The van der Waals surface area contributed by atoms with Crippen molar-refractivity contribution in [3.05, 3.63) is 35.1 Å². The van der Waals surface area contributed by atoms with E-state index in [1.807, 2.05) is 23.6 Å². The second-order valence-electron chi connectivity index (χ2n) is 5.67. The van der Waals surface area contributed by atoms with Crippen LogP contribution in [0.2, 0.25) is 5.02 Å². The summed E-state index contributed by atoms with van der Waals surface area (Å²) >= 11 is 7.98. The van der Waals surface area contributed by atoms with Crippen molar-refractivity contribution in [1.29, 1.82) is 0 Å². The Labute approximate surface area is 140 Å². The lowest BCUT2D eigenvalue weighted by molar-refractivity contribution is 0.242. The van der Waals surface area contributed by atoms with Crippen LogP contribution in [0.15, 0.2) is 29.7 Å². The van der Waals surface area contributed by atoms with Gasteiger partial charge in [0.25, 0.3) is 0 Å². The van der Waals surface area contributed by atoms with Crippen LogP contribution in [0.5, 0.6) is 0 Å². The molecule has 4 nitrogen and oxygen atoms in total. The summed E-state index contributed by atoms with van der Waals surface area (Å²) in [5.74, 6) is 1.04. The molecule has 0 N–H and O–H groups in total. The number of piperidine rings is 1. The van der Waals surface area contributed by atoms with Crippen LogP contribution >= 0.6 is 23.4 Å². The van der Waals surface area contributed by atoms with Gasteiger partial charge in [-0.2, -0.15) is 0 Å². The monoisotopic (exact) mass is 336 g/mol. The van der Waals surface area contributed by atoms with Gasteiger partial charge in [0.15, 0.2) is 5.16 Å². The Balaban J connectivity index is 1.63. The fraction of sp³-hybridized carbons (Fsp3) is 0.500. The molecule has 0 spiro atoms. The summed E-state index contributed by atoms with van der Waals surface area (Å²) in [5.41, 5.74) is 2.10. The zero-order chi connectivity index (χ0) is 15.4. The Bertz CT molecular complexity index is 622. The summed E-state index contributed by atoms with van der Waals surface area (Å²) in [7, 11) is 0. The highest BCUT2D eigenvalue weighted by Gasteiger charge is 2.12. The summed E-state index contributed by atoms with van der Waals surface area (Å²) in [5, 5.41) is 9.99. The first-order valence-corrected chi connectivity index (χ1v) is 9.12. The van der Waals surface area contributed by atoms with Crippen molar-refractivity contribution in [3.63, 3.8) is 0 Å². The maximum atomic E-state index is 6.22. The lowest BCUT2D eigenvalue weighted by Gasteiger charge is -2.25. The summed E-state index contributed by atoms with van der Waals surface area (Å²) in [6.07, 6.45) is 5.81. The van der Waals surface area contributed by atoms with Gasteiger partial charge in [0, 0.05) is 17.3 Å². The third-order valence-corrected chi connectivity index (χ3v) is 5.37. The van der Waals surface area contributed by atoms with Gasteiger partial charge < -0.3 is 4.90 Å². The number of likely N-dealkylation sites (tertiary alicyclic amines) is 1. The molecule has 3 rings (SSSR count). The number of hydrogen-bond acceptors (Lipinski definition) is 4. The van der Waals surface area contributed by atoms with E-state index in [0.29, 0.717) is 0 Å². The highest BCUT2D eigenvalue weighted by molar-refractivity contribution is 7.99. The Morgan fingerprint density at radius 1 is 1.23 bits per heavy atom. The Morgan fingerprint density at radius 3 is 2.82 bits per heavy atom. The zero-order valence-electron chi connectivity index (χ0n) is 12.8. The normalized spacial score (nSPS) is 16.1.